The topological polar surface area (TPSA) is 9.23 Å². The highest BCUT2D eigenvalue weighted by Crippen LogP contribution is 2.42. The molecule has 2 aliphatic rings. The maximum absolute atomic E-state index is 6.33. The quantitative estimate of drug-likeness (QED) is 0.654. The van der Waals surface area contributed by atoms with Crippen molar-refractivity contribution < 1.29 is 4.74 Å². The Kier molecular flexibility index (Phi) is 4.55. The first kappa shape index (κ1) is 12.7. The lowest BCUT2D eigenvalue weighted by molar-refractivity contribution is -0.0660. The van der Waals surface area contributed by atoms with E-state index in [-0.39, 0.29) is 0 Å². The van der Waals surface area contributed by atoms with Gasteiger partial charge in [-0.25, -0.2) is 0 Å². The molecular weight excluding hydrogens is 220 g/mol. The fraction of sp³-hybridized carbons (Fsp3) is 1.00. The molecule has 0 amide bonds. The van der Waals surface area contributed by atoms with Crippen LogP contribution in [-0.2, 0) is 4.74 Å². The molecule has 0 aromatic heterocycles. The molecule has 16 heavy (non-hydrogen) atoms. The summed E-state index contributed by atoms with van der Waals surface area (Å²) in [6, 6.07) is 0. The average molecular weight is 245 g/mol. The molecule has 1 saturated heterocycles. The van der Waals surface area contributed by atoms with Gasteiger partial charge in [-0.05, 0) is 51.9 Å². The highest BCUT2D eigenvalue weighted by Gasteiger charge is 2.40. The molecule has 1 saturated carbocycles. The molecule has 1 nitrogen and oxygen atoms in total. The molecule has 0 N–H and O–H groups in total. The first-order valence-corrected chi connectivity index (χ1v) is 7.46. The Morgan fingerprint density at radius 1 is 1.25 bits per heavy atom. The van der Waals surface area contributed by atoms with Gasteiger partial charge in [-0.15, -0.1) is 11.6 Å². The Morgan fingerprint density at radius 3 is 2.69 bits per heavy atom. The van der Waals surface area contributed by atoms with Crippen molar-refractivity contribution in [3.05, 3.63) is 0 Å². The lowest BCUT2D eigenvalue weighted by Gasteiger charge is -2.33. The molecule has 0 radical (unpaired) electrons. The smallest absolute Gasteiger partial charge is 0.0687 e. The summed E-state index contributed by atoms with van der Waals surface area (Å²) in [7, 11) is 0. The van der Waals surface area contributed by atoms with Gasteiger partial charge in [0.2, 0.25) is 0 Å². The predicted molar refractivity (Wildman–Crippen MR) is 69.1 cm³/mol. The van der Waals surface area contributed by atoms with Crippen LogP contribution in [0.2, 0.25) is 0 Å². The van der Waals surface area contributed by atoms with Gasteiger partial charge in [0.05, 0.1) is 11.7 Å². The minimum atomic E-state index is 0.301. The lowest BCUT2D eigenvalue weighted by atomic mass is 9.83. The Bertz CT molecular complexity index is 209. The van der Waals surface area contributed by atoms with E-state index < -0.39 is 0 Å². The van der Waals surface area contributed by atoms with E-state index in [1.807, 2.05) is 0 Å². The number of halogens is 1. The number of rotatable bonds is 4. The summed E-state index contributed by atoms with van der Waals surface area (Å²) in [4.78, 5) is 0. The summed E-state index contributed by atoms with van der Waals surface area (Å²) < 4.78 is 6.33. The van der Waals surface area contributed by atoms with Crippen LogP contribution in [0.25, 0.3) is 0 Å². The maximum atomic E-state index is 6.33. The van der Waals surface area contributed by atoms with Crippen LogP contribution in [0, 0.1) is 0 Å². The van der Waals surface area contributed by atoms with Gasteiger partial charge in [-0.2, -0.15) is 0 Å². The van der Waals surface area contributed by atoms with Gasteiger partial charge < -0.3 is 4.74 Å². The van der Waals surface area contributed by atoms with Crippen LogP contribution in [0.3, 0.4) is 0 Å². The van der Waals surface area contributed by atoms with Crippen molar-refractivity contribution in [1.29, 1.82) is 0 Å². The summed E-state index contributed by atoms with van der Waals surface area (Å²) in [6.45, 7) is 2.08. The van der Waals surface area contributed by atoms with Crippen molar-refractivity contribution >= 4 is 11.6 Å². The molecule has 2 heteroatoms. The number of hydrogen-bond acceptors (Lipinski definition) is 1. The fourth-order valence-electron chi connectivity index (χ4n) is 3.29. The van der Waals surface area contributed by atoms with Crippen LogP contribution in [0.15, 0.2) is 0 Å². The zero-order valence-corrected chi connectivity index (χ0v) is 11.3. The van der Waals surface area contributed by atoms with Gasteiger partial charge in [-0.3, -0.25) is 0 Å². The van der Waals surface area contributed by atoms with Crippen molar-refractivity contribution in [2.24, 2.45) is 0 Å². The monoisotopic (exact) mass is 244 g/mol. The molecule has 94 valence electrons. The van der Waals surface area contributed by atoms with Crippen LogP contribution < -0.4 is 0 Å². The third-order valence-electron chi connectivity index (χ3n) is 4.23. The van der Waals surface area contributed by atoms with E-state index in [0.29, 0.717) is 17.1 Å². The molecule has 1 aliphatic heterocycles. The number of alkyl halides is 1. The summed E-state index contributed by atoms with van der Waals surface area (Å²) in [5.74, 6) is 0. The van der Waals surface area contributed by atoms with Crippen LogP contribution in [0.5, 0.6) is 0 Å². The zero-order valence-electron chi connectivity index (χ0n) is 10.5. The van der Waals surface area contributed by atoms with E-state index >= 15 is 0 Å². The van der Waals surface area contributed by atoms with E-state index in [2.05, 4.69) is 6.92 Å². The largest absolute Gasteiger partial charge is 0.372 e. The van der Waals surface area contributed by atoms with E-state index in [9.17, 15) is 0 Å². The minimum absolute atomic E-state index is 0.301. The second kappa shape index (κ2) is 5.73. The van der Waals surface area contributed by atoms with Crippen molar-refractivity contribution in [2.75, 3.05) is 0 Å². The molecule has 2 rings (SSSR count). The zero-order chi connectivity index (χ0) is 11.4. The van der Waals surface area contributed by atoms with Gasteiger partial charge in [0.25, 0.3) is 0 Å². The molecule has 2 unspecified atom stereocenters. The molecule has 0 aromatic carbocycles. The Labute approximate surface area is 105 Å². The van der Waals surface area contributed by atoms with Crippen LogP contribution in [0.1, 0.15) is 71.1 Å². The van der Waals surface area contributed by atoms with Crippen LogP contribution in [-0.4, -0.2) is 17.1 Å². The van der Waals surface area contributed by atoms with Crippen molar-refractivity contribution in [3.63, 3.8) is 0 Å². The third kappa shape index (κ3) is 3.37. The SMILES string of the molecule is CC(Cl)CCCC1CCC2(CCCCC2)O1. The van der Waals surface area contributed by atoms with Crippen LogP contribution in [0.4, 0.5) is 0 Å². The predicted octanol–water partition coefficient (Wildman–Crippen LogP) is 4.67. The second-order valence-electron chi connectivity index (χ2n) is 5.73. The van der Waals surface area contributed by atoms with Crippen molar-refractivity contribution in [2.45, 2.75) is 88.2 Å². The molecule has 0 aromatic rings. The van der Waals surface area contributed by atoms with E-state index in [0.717, 1.165) is 6.42 Å². The summed E-state index contributed by atoms with van der Waals surface area (Å²) in [6.07, 6.45) is 13.5. The first-order valence-electron chi connectivity index (χ1n) is 7.02. The summed E-state index contributed by atoms with van der Waals surface area (Å²) in [5, 5.41) is 0.324. The van der Waals surface area contributed by atoms with E-state index in [1.165, 1.54) is 57.8 Å². The summed E-state index contributed by atoms with van der Waals surface area (Å²) in [5.41, 5.74) is 0.301. The Morgan fingerprint density at radius 2 is 2.00 bits per heavy atom. The van der Waals surface area contributed by atoms with Crippen LogP contribution >= 0.6 is 11.6 Å². The second-order valence-corrected chi connectivity index (χ2v) is 6.48. The number of ether oxygens (including phenoxy) is 1. The molecule has 1 heterocycles. The highest BCUT2D eigenvalue weighted by molar-refractivity contribution is 6.20. The highest BCUT2D eigenvalue weighted by atomic mass is 35.5. The van der Waals surface area contributed by atoms with E-state index in [4.69, 9.17) is 16.3 Å². The van der Waals surface area contributed by atoms with Crippen molar-refractivity contribution in [3.8, 4) is 0 Å². The van der Waals surface area contributed by atoms with Gasteiger partial charge in [0.15, 0.2) is 0 Å². The Hall–Kier alpha value is 0.250. The van der Waals surface area contributed by atoms with Gasteiger partial charge in [0.1, 0.15) is 0 Å². The molecular formula is C14H25ClO. The molecule has 2 fully saturated rings. The lowest BCUT2D eigenvalue weighted by Crippen LogP contribution is -2.31. The van der Waals surface area contributed by atoms with Gasteiger partial charge in [-0.1, -0.05) is 19.3 Å². The summed E-state index contributed by atoms with van der Waals surface area (Å²) >= 11 is 5.96. The maximum Gasteiger partial charge on any atom is 0.0687 e. The third-order valence-corrected chi connectivity index (χ3v) is 4.45. The first-order chi connectivity index (χ1) is 7.70. The standard InChI is InChI=1S/C14H25ClO/c1-12(15)6-5-7-13-8-11-14(16-13)9-3-2-4-10-14/h12-13H,2-11H2,1H3. The minimum Gasteiger partial charge on any atom is -0.372 e. The van der Waals surface area contributed by atoms with Gasteiger partial charge in [0, 0.05) is 5.38 Å². The average Bonchev–Trinajstić information content (AvgIpc) is 2.62. The molecule has 1 aliphatic carbocycles. The van der Waals surface area contributed by atoms with Crippen molar-refractivity contribution in [1.82, 2.24) is 0 Å². The normalized spacial score (nSPS) is 30.8. The Balaban J connectivity index is 1.70. The number of hydrogen-bond donors (Lipinski definition) is 0. The molecule has 2 atom stereocenters. The molecule has 1 spiro atoms. The fourth-order valence-corrected chi connectivity index (χ4v) is 3.44. The van der Waals surface area contributed by atoms with E-state index in [1.54, 1.807) is 0 Å². The van der Waals surface area contributed by atoms with Gasteiger partial charge >= 0.3 is 0 Å². The molecule has 0 bridgehead atoms.